The Hall–Kier alpha value is -1.71. The molecule has 0 radical (unpaired) electrons. The predicted octanol–water partition coefficient (Wildman–Crippen LogP) is 2.99. The molecule has 0 bridgehead atoms. The molecule has 3 rings (SSSR count). The third-order valence-corrected chi connectivity index (χ3v) is 4.26. The van der Waals surface area contributed by atoms with E-state index in [-0.39, 0.29) is 6.09 Å². The van der Waals surface area contributed by atoms with E-state index in [1.807, 2.05) is 31.7 Å². The Balaban J connectivity index is 1.58. The van der Waals surface area contributed by atoms with Gasteiger partial charge in [0.25, 0.3) is 0 Å². The third kappa shape index (κ3) is 3.14. The number of amides is 1. The second kappa shape index (κ2) is 5.24. The molecule has 2 aliphatic heterocycles. The maximum Gasteiger partial charge on any atom is 0.410 e. The summed E-state index contributed by atoms with van der Waals surface area (Å²) in [6.45, 7) is 9.46. The van der Waals surface area contributed by atoms with Gasteiger partial charge in [-0.05, 0) is 32.9 Å². The van der Waals surface area contributed by atoms with Crippen LogP contribution in [0.15, 0.2) is 30.3 Å². The smallest absolute Gasteiger partial charge is 0.410 e. The van der Waals surface area contributed by atoms with Crippen LogP contribution >= 0.6 is 0 Å². The van der Waals surface area contributed by atoms with Crippen LogP contribution in [0, 0.1) is 11.8 Å². The van der Waals surface area contributed by atoms with E-state index in [9.17, 15) is 4.79 Å². The molecule has 2 saturated heterocycles. The van der Waals surface area contributed by atoms with Crippen molar-refractivity contribution in [2.24, 2.45) is 11.8 Å². The Morgan fingerprint density at radius 2 is 1.62 bits per heavy atom. The summed E-state index contributed by atoms with van der Waals surface area (Å²) in [6, 6.07) is 10.5. The summed E-state index contributed by atoms with van der Waals surface area (Å²) >= 11 is 0. The average Bonchev–Trinajstić information content (AvgIpc) is 2.95. The number of likely N-dealkylation sites (tertiary alicyclic amines) is 1. The van der Waals surface area contributed by atoms with Gasteiger partial charge in [-0.3, -0.25) is 0 Å². The van der Waals surface area contributed by atoms with Crippen molar-refractivity contribution in [3.05, 3.63) is 30.3 Å². The number of para-hydroxylation sites is 1. The molecular formula is C17H24N2O2. The van der Waals surface area contributed by atoms with E-state index in [2.05, 4.69) is 29.2 Å². The highest BCUT2D eigenvalue weighted by Crippen LogP contribution is 2.34. The molecule has 2 aliphatic rings. The first-order valence-corrected chi connectivity index (χ1v) is 7.70. The summed E-state index contributed by atoms with van der Waals surface area (Å²) in [6.07, 6.45) is -0.164. The molecule has 4 heteroatoms. The van der Waals surface area contributed by atoms with Crippen molar-refractivity contribution in [2.45, 2.75) is 26.4 Å². The zero-order valence-corrected chi connectivity index (χ0v) is 13.1. The predicted molar refractivity (Wildman–Crippen MR) is 83.4 cm³/mol. The van der Waals surface area contributed by atoms with E-state index in [4.69, 9.17) is 4.74 Å². The number of nitrogens with zero attached hydrogens (tertiary/aromatic N) is 2. The lowest BCUT2D eigenvalue weighted by Gasteiger charge is -2.26. The van der Waals surface area contributed by atoms with E-state index < -0.39 is 5.60 Å². The van der Waals surface area contributed by atoms with Crippen molar-refractivity contribution in [3.8, 4) is 0 Å². The summed E-state index contributed by atoms with van der Waals surface area (Å²) < 4.78 is 5.47. The van der Waals surface area contributed by atoms with Gasteiger partial charge in [-0.2, -0.15) is 0 Å². The Labute approximate surface area is 126 Å². The normalized spacial score (nSPS) is 25.1. The Kier molecular flexibility index (Phi) is 3.56. The minimum Gasteiger partial charge on any atom is -0.444 e. The van der Waals surface area contributed by atoms with E-state index in [0.29, 0.717) is 11.8 Å². The minimum absolute atomic E-state index is 0.164. The maximum atomic E-state index is 12.1. The summed E-state index contributed by atoms with van der Waals surface area (Å²) in [5.41, 5.74) is 0.876. The molecule has 1 aromatic rings. The molecule has 4 nitrogen and oxygen atoms in total. The largest absolute Gasteiger partial charge is 0.444 e. The first-order chi connectivity index (χ1) is 9.92. The monoisotopic (exact) mass is 288 g/mol. The second-order valence-electron chi connectivity index (χ2n) is 7.15. The van der Waals surface area contributed by atoms with Crippen molar-refractivity contribution in [3.63, 3.8) is 0 Å². The fraction of sp³-hybridized carbons (Fsp3) is 0.588. The van der Waals surface area contributed by atoms with Crippen LogP contribution in [0.25, 0.3) is 0 Å². The molecule has 0 spiro atoms. The molecule has 21 heavy (non-hydrogen) atoms. The number of carbonyl (C=O) groups excluding carboxylic acids is 1. The van der Waals surface area contributed by atoms with Crippen LogP contribution in [-0.4, -0.2) is 42.8 Å². The highest BCUT2D eigenvalue weighted by Gasteiger charge is 2.42. The van der Waals surface area contributed by atoms with Crippen LogP contribution < -0.4 is 4.90 Å². The van der Waals surface area contributed by atoms with Gasteiger partial charge in [-0.25, -0.2) is 4.79 Å². The van der Waals surface area contributed by atoms with Crippen LogP contribution in [0.2, 0.25) is 0 Å². The van der Waals surface area contributed by atoms with Gasteiger partial charge in [0.2, 0.25) is 0 Å². The lowest BCUT2D eigenvalue weighted by molar-refractivity contribution is 0.0282. The number of benzene rings is 1. The maximum absolute atomic E-state index is 12.1. The van der Waals surface area contributed by atoms with E-state index in [1.54, 1.807) is 0 Å². The van der Waals surface area contributed by atoms with Gasteiger partial charge < -0.3 is 14.5 Å². The van der Waals surface area contributed by atoms with Crippen LogP contribution in [0.4, 0.5) is 10.5 Å². The lowest BCUT2D eigenvalue weighted by atomic mass is 10.0. The third-order valence-electron chi connectivity index (χ3n) is 4.26. The molecular weight excluding hydrogens is 264 g/mol. The molecule has 114 valence electrons. The van der Waals surface area contributed by atoms with Gasteiger partial charge >= 0.3 is 6.09 Å². The molecule has 2 fully saturated rings. The van der Waals surface area contributed by atoms with Crippen molar-refractivity contribution >= 4 is 11.8 Å². The summed E-state index contributed by atoms with van der Waals surface area (Å²) in [5, 5.41) is 0. The number of carbonyl (C=O) groups is 1. The number of hydrogen-bond acceptors (Lipinski definition) is 3. The number of ether oxygens (including phenoxy) is 1. The summed E-state index contributed by atoms with van der Waals surface area (Å²) in [7, 11) is 0. The first-order valence-electron chi connectivity index (χ1n) is 7.70. The topological polar surface area (TPSA) is 32.8 Å². The van der Waals surface area contributed by atoms with Crippen molar-refractivity contribution in [1.29, 1.82) is 0 Å². The van der Waals surface area contributed by atoms with Gasteiger partial charge in [0.1, 0.15) is 5.60 Å². The SMILES string of the molecule is CC(C)(C)OC(=O)N1CC2CN(c3ccccc3)CC2C1. The Morgan fingerprint density at radius 3 is 2.14 bits per heavy atom. The Bertz CT molecular complexity index is 495. The van der Waals surface area contributed by atoms with Gasteiger partial charge in [0.05, 0.1) is 0 Å². The minimum atomic E-state index is -0.412. The number of rotatable bonds is 1. The zero-order chi connectivity index (χ0) is 15.0. The van der Waals surface area contributed by atoms with Crippen molar-refractivity contribution in [2.75, 3.05) is 31.1 Å². The first kappa shape index (κ1) is 14.2. The second-order valence-corrected chi connectivity index (χ2v) is 7.15. The molecule has 2 unspecified atom stereocenters. The highest BCUT2D eigenvalue weighted by molar-refractivity contribution is 5.68. The number of anilines is 1. The van der Waals surface area contributed by atoms with Crippen molar-refractivity contribution < 1.29 is 9.53 Å². The van der Waals surface area contributed by atoms with E-state index >= 15 is 0 Å². The highest BCUT2D eigenvalue weighted by atomic mass is 16.6. The zero-order valence-electron chi connectivity index (χ0n) is 13.1. The molecule has 0 aromatic heterocycles. The molecule has 0 saturated carbocycles. The van der Waals surface area contributed by atoms with Crippen molar-refractivity contribution in [1.82, 2.24) is 4.90 Å². The van der Waals surface area contributed by atoms with Gasteiger partial charge in [-0.15, -0.1) is 0 Å². The molecule has 1 amide bonds. The number of fused-ring (bicyclic) bond motifs is 1. The molecule has 2 heterocycles. The number of hydrogen-bond donors (Lipinski definition) is 0. The van der Waals surface area contributed by atoms with Crippen LogP contribution in [-0.2, 0) is 4.74 Å². The molecule has 1 aromatic carbocycles. The van der Waals surface area contributed by atoms with Gasteiger partial charge in [-0.1, -0.05) is 18.2 Å². The standard InChI is InChI=1S/C17H24N2O2/c1-17(2,3)21-16(20)19-11-13-9-18(10-14(13)12-19)15-7-5-4-6-8-15/h4-8,13-14H,9-12H2,1-3H3. The summed E-state index contributed by atoms with van der Waals surface area (Å²) in [4.78, 5) is 16.4. The van der Waals surface area contributed by atoms with E-state index in [0.717, 1.165) is 26.2 Å². The molecule has 0 aliphatic carbocycles. The molecule has 2 atom stereocenters. The van der Waals surface area contributed by atoms with Gasteiger partial charge in [0, 0.05) is 43.7 Å². The quantitative estimate of drug-likeness (QED) is 0.796. The van der Waals surface area contributed by atoms with E-state index in [1.165, 1.54) is 5.69 Å². The fourth-order valence-corrected chi connectivity index (χ4v) is 3.32. The molecule has 0 N–H and O–H groups in total. The lowest BCUT2D eigenvalue weighted by Crippen LogP contribution is -2.37. The summed E-state index contributed by atoms with van der Waals surface area (Å²) in [5.74, 6) is 1.13. The van der Waals surface area contributed by atoms with Crippen LogP contribution in [0.5, 0.6) is 0 Å². The van der Waals surface area contributed by atoms with Crippen LogP contribution in [0.3, 0.4) is 0 Å². The van der Waals surface area contributed by atoms with Crippen LogP contribution in [0.1, 0.15) is 20.8 Å². The van der Waals surface area contributed by atoms with Gasteiger partial charge in [0.15, 0.2) is 0 Å². The Morgan fingerprint density at radius 1 is 1.05 bits per heavy atom. The fourth-order valence-electron chi connectivity index (χ4n) is 3.32. The average molecular weight is 288 g/mol.